The predicted octanol–water partition coefficient (Wildman–Crippen LogP) is 2.43. The van der Waals surface area contributed by atoms with Crippen LogP contribution in [-0.2, 0) is 16.1 Å². The molecular weight excluding hydrogens is 240 g/mol. The lowest BCUT2D eigenvalue weighted by Gasteiger charge is -2.22. The van der Waals surface area contributed by atoms with Crippen LogP contribution in [0, 0.1) is 0 Å². The molecule has 2 rings (SSSR count). The first-order valence-electron chi connectivity index (χ1n) is 6.98. The predicted molar refractivity (Wildman–Crippen MR) is 75.8 cm³/mol. The van der Waals surface area contributed by atoms with Crippen molar-refractivity contribution >= 4 is 11.6 Å². The summed E-state index contributed by atoms with van der Waals surface area (Å²) in [6.45, 7) is 1.36. The molecule has 0 spiro atoms. The molecule has 1 heterocycles. The number of ether oxygens (including phenoxy) is 1. The van der Waals surface area contributed by atoms with Gasteiger partial charge < -0.3 is 15.8 Å². The lowest BCUT2D eigenvalue weighted by Crippen LogP contribution is -2.21. The number of hydrogen-bond donors (Lipinski definition) is 2. The number of carbonyl (C=O) groups is 1. The summed E-state index contributed by atoms with van der Waals surface area (Å²) in [5.41, 5.74) is 7.42. The maximum atomic E-state index is 11.8. The van der Waals surface area contributed by atoms with Crippen LogP contribution in [0.1, 0.15) is 37.7 Å². The monoisotopic (exact) mass is 262 g/mol. The number of hydrogen-bond acceptors (Lipinski definition) is 3. The van der Waals surface area contributed by atoms with Crippen molar-refractivity contribution in [1.82, 2.24) is 0 Å². The zero-order valence-corrected chi connectivity index (χ0v) is 11.2. The van der Waals surface area contributed by atoms with Crippen LogP contribution < -0.4 is 11.1 Å². The number of rotatable bonds is 5. The van der Waals surface area contributed by atoms with Crippen molar-refractivity contribution in [3.8, 4) is 0 Å². The van der Waals surface area contributed by atoms with E-state index in [4.69, 9.17) is 10.5 Å². The zero-order valence-electron chi connectivity index (χ0n) is 11.2. The molecule has 1 atom stereocenters. The normalized spacial score (nSPS) is 19.1. The number of nitrogens with two attached hydrogens (primary N) is 1. The van der Waals surface area contributed by atoms with Crippen LogP contribution >= 0.6 is 0 Å². The van der Waals surface area contributed by atoms with Gasteiger partial charge in [0, 0.05) is 25.3 Å². The Bertz CT molecular complexity index is 397. The van der Waals surface area contributed by atoms with Crippen LogP contribution in [-0.4, -0.2) is 18.6 Å². The molecular formula is C15H22N2O2. The second-order valence-electron chi connectivity index (χ2n) is 4.98. The highest BCUT2D eigenvalue weighted by atomic mass is 16.5. The van der Waals surface area contributed by atoms with Gasteiger partial charge in [-0.05, 0) is 43.4 Å². The maximum Gasteiger partial charge on any atom is 0.224 e. The van der Waals surface area contributed by atoms with E-state index in [1.54, 1.807) is 0 Å². The first-order valence-corrected chi connectivity index (χ1v) is 6.98. The van der Waals surface area contributed by atoms with Gasteiger partial charge in [0.1, 0.15) is 0 Å². The van der Waals surface area contributed by atoms with Gasteiger partial charge in [-0.1, -0.05) is 12.1 Å². The molecule has 19 heavy (non-hydrogen) atoms. The minimum atomic E-state index is 0.0506. The van der Waals surface area contributed by atoms with Gasteiger partial charge >= 0.3 is 0 Å². The molecule has 0 bridgehead atoms. The first kappa shape index (κ1) is 14.0. The molecule has 0 saturated carbocycles. The largest absolute Gasteiger partial charge is 0.378 e. The average molecular weight is 262 g/mol. The molecule has 3 N–H and O–H groups in total. The Kier molecular flexibility index (Phi) is 5.36. The number of amides is 1. The Balaban J connectivity index is 1.73. The molecule has 4 heteroatoms. The highest BCUT2D eigenvalue weighted by Gasteiger charge is 2.15. The minimum absolute atomic E-state index is 0.0506. The van der Waals surface area contributed by atoms with Gasteiger partial charge in [-0.25, -0.2) is 0 Å². The highest BCUT2D eigenvalue weighted by molar-refractivity contribution is 5.90. The first-order chi connectivity index (χ1) is 9.28. The summed E-state index contributed by atoms with van der Waals surface area (Å²) in [5.74, 6) is 0.0506. The Morgan fingerprint density at radius 2 is 2.11 bits per heavy atom. The van der Waals surface area contributed by atoms with Gasteiger partial charge in [0.15, 0.2) is 0 Å². The Hall–Kier alpha value is -1.39. The molecule has 1 aromatic rings. The van der Waals surface area contributed by atoms with Crippen LogP contribution in [0.3, 0.4) is 0 Å². The quantitative estimate of drug-likeness (QED) is 0.856. The van der Waals surface area contributed by atoms with Crippen molar-refractivity contribution in [3.63, 3.8) is 0 Å². The van der Waals surface area contributed by atoms with Crippen molar-refractivity contribution in [2.24, 2.45) is 5.73 Å². The highest BCUT2D eigenvalue weighted by Crippen LogP contribution is 2.17. The molecule has 1 aliphatic rings. The number of benzene rings is 1. The van der Waals surface area contributed by atoms with Gasteiger partial charge in [0.2, 0.25) is 5.91 Å². The van der Waals surface area contributed by atoms with Gasteiger partial charge in [-0.2, -0.15) is 0 Å². The summed E-state index contributed by atoms with van der Waals surface area (Å²) in [6, 6.07) is 7.63. The summed E-state index contributed by atoms with van der Waals surface area (Å²) in [5, 5.41) is 2.90. The van der Waals surface area contributed by atoms with Gasteiger partial charge in [0.05, 0.1) is 6.10 Å². The molecule has 1 aromatic carbocycles. The fraction of sp³-hybridized carbons (Fsp3) is 0.533. The molecule has 1 saturated heterocycles. The van der Waals surface area contributed by atoms with Crippen LogP contribution in [0.25, 0.3) is 0 Å². The zero-order chi connectivity index (χ0) is 13.5. The molecule has 0 aromatic heterocycles. The van der Waals surface area contributed by atoms with Gasteiger partial charge in [-0.3, -0.25) is 4.79 Å². The van der Waals surface area contributed by atoms with Crippen LogP contribution in [0.2, 0.25) is 0 Å². The topological polar surface area (TPSA) is 64.3 Å². The van der Waals surface area contributed by atoms with Crippen LogP contribution in [0.15, 0.2) is 24.3 Å². The third-order valence-corrected chi connectivity index (χ3v) is 3.44. The van der Waals surface area contributed by atoms with Crippen molar-refractivity contribution in [3.05, 3.63) is 29.8 Å². The van der Waals surface area contributed by atoms with E-state index in [-0.39, 0.29) is 12.0 Å². The minimum Gasteiger partial charge on any atom is -0.378 e. The summed E-state index contributed by atoms with van der Waals surface area (Å²) in [6.07, 6.45) is 5.04. The third kappa shape index (κ3) is 4.65. The van der Waals surface area contributed by atoms with Crippen molar-refractivity contribution in [1.29, 1.82) is 0 Å². The van der Waals surface area contributed by atoms with Crippen molar-refractivity contribution in [2.75, 3.05) is 11.9 Å². The Morgan fingerprint density at radius 1 is 1.32 bits per heavy atom. The van der Waals surface area contributed by atoms with E-state index in [1.807, 2.05) is 24.3 Å². The second kappa shape index (κ2) is 7.26. The summed E-state index contributed by atoms with van der Waals surface area (Å²) >= 11 is 0. The number of nitrogens with one attached hydrogen (secondary N) is 1. The van der Waals surface area contributed by atoms with E-state index in [0.29, 0.717) is 13.0 Å². The van der Waals surface area contributed by atoms with Gasteiger partial charge in [-0.15, -0.1) is 0 Å². The lowest BCUT2D eigenvalue weighted by atomic mass is 10.0. The second-order valence-corrected chi connectivity index (χ2v) is 4.98. The summed E-state index contributed by atoms with van der Waals surface area (Å²) in [4.78, 5) is 11.8. The van der Waals surface area contributed by atoms with E-state index in [2.05, 4.69) is 5.32 Å². The van der Waals surface area contributed by atoms with E-state index in [0.717, 1.165) is 37.1 Å². The fourth-order valence-corrected chi connectivity index (χ4v) is 2.27. The lowest BCUT2D eigenvalue weighted by molar-refractivity contribution is -0.117. The van der Waals surface area contributed by atoms with Crippen LogP contribution in [0.4, 0.5) is 5.69 Å². The smallest absolute Gasteiger partial charge is 0.224 e. The molecule has 1 aliphatic heterocycles. The molecule has 0 aliphatic carbocycles. The summed E-state index contributed by atoms with van der Waals surface area (Å²) in [7, 11) is 0. The average Bonchev–Trinajstić information content (AvgIpc) is 2.47. The fourth-order valence-electron chi connectivity index (χ4n) is 2.27. The third-order valence-electron chi connectivity index (χ3n) is 3.44. The van der Waals surface area contributed by atoms with Gasteiger partial charge in [0.25, 0.3) is 0 Å². The standard InChI is InChI=1S/C15H22N2O2/c16-11-12-4-6-13(7-5-12)17-15(18)9-8-14-3-1-2-10-19-14/h4-7,14H,1-3,8-11,16H2,(H,17,18). The molecule has 4 nitrogen and oxygen atoms in total. The number of carbonyl (C=O) groups excluding carboxylic acids is 1. The molecule has 1 unspecified atom stereocenters. The van der Waals surface area contributed by atoms with E-state index in [1.165, 1.54) is 6.42 Å². The van der Waals surface area contributed by atoms with Crippen molar-refractivity contribution < 1.29 is 9.53 Å². The van der Waals surface area contributed by atoms with E-state index >= 15 is 0 Å². The molecule has 1 amide bonds. The summed E-state index contributed by atoms with van der Waals surface area (Å²) < 4.78 is 5.61. The van der Waals surface area contributed by atoms with E-state index < -0.39 is 0 Å². The van der Waals surface area contributed by atoms with Crippen molar-refractivity contribution in [2.45, 2.75) is 44.8 Å². The van der Waals surface area contributed by atoms with Crippen LogP contribution in [0.5, 0.6) is 0 Å². The molecule has 1 fully saturated rings. The van der Waals surface area contributed by atoms with E-state index in [9.17, 15) is 4.79 Å². The molecule has 0 radical (unpaired) electrons. The Morgan fingerprint density at radius 3 is 2.74 bits per heavy atom. The number of anilines is 1. The Labute approximate surface area is 114 Å². The molecule has 104 valence electrons. The maximum absolute atomic E-state index is 11.8. The SMILES string of the molecule is NCc1ccc(NC(=O)CCC2CCCCO2)cc1.